The lowest BCUT2D eigenvalue weighted by Crippen LogP contribution is -2.11. The zero-order chi connectivity index (χ0) is 11.7. The van der Waals surface area contributed by atoms with Crippen molar-refractivity contribution in [3.8, 4) is 0 Å². The highest BCUT2D eigenvalue weighted by molar-refractivity contribution is 5.73. The summed E-state index contributed by atoms with van der Waals surface area (Å²) in [5, 5.41) is 10.3. The van der Waals surface area contributed by atoms with E-state index in [0.717, 1.165) is 29.6 Å². The van der Waals surface area contributed by atoms with Crippen LogP contribution < -0.4 is 0 Å². The van der Waals surface area contributed by atoms with Gasteiger partial charge in [0.05, 0.1) is 22.9 Å². The van der Waals surface area contributed by atoms with Crippen molar-refractivity contribution in [1.82, 2.24) is 9.97 Å². The Balaban J connectivity index is 1.94. The van der Waals surface area contributed by atoms with Crippen molar-refractivity contribution in [1.29, 1.82) is 0 Å². The summed E-state index contributed by atoms with van der Waals surface area (Å²) >= 11 is 0. The van der Waals surface area contributed by atoms with Crippen molar-refractivity contribution >= 4 is 11.0 Å². The number of aliphatic hydroxyl groups excluding tert-OH is 1. The minimum Gasteiger partial charge on any atom is -0.386 e. The van der Waals surface area contributed by atoms with Crippen LogP contribution in [-0.4, -0.2) is 15.1 Å². The summed E-state index contributed by atoms with van der Waals surface area (Å²) in [5.41, 5.74) is 2.47. The molecule has 2 aromatic rings. The molecule has 0 amide bonds. The number of para-hydroxylation sites is 2. The lowest BCUT2D eigenvalue weighted by atomic mass is 9.98. The Bertz CT molecular complexity index is 520. The van der Waals surface area contributed by atoms with E-state index in [1.807, 2.05) is 24.3 Å². The van der Waals surface area contributed by atoms with E-state index in [2.05, 4.69) is 9.97 Å². The number of aliphatic hydroxyl groups is 1. The Morgan fingerprint density at radius 2 is 1.82 bits per heavy atom. The molecule has 0 saturated heterocycles. The molecule has 0 spiro atoms. The van der Waals surface area contributed by atoms with Crippen LogP contribution in [0.5, 0.6) is 0 Å². The number of hydrogen-bond acceptors (Lipinski definition) is 3. The molecule has 3 rings (SSSR count). The van der Waals surface area contributed by atoms with Crippen LogP contribution in [0.4, 0.5) is 0 Å². The first-order valence-electron chi connectivity index (χ1n) is 6.24. The van der Waals surface area contributed by atoms with Crippen molar-refractivity contribution in [3.05, 3.63) is 36.2 Å². The first-order valence-corrected chi connectivity index (χ1v) is 6.24. The maximum atomic E-state index is 10.3. The predicted octanol–water partition coefficient (Wildman–Crippen LogP) is 2.85. The summed E-state index contributed by atoms with van der Waals surface area (Å²) in [6, 6.07) is 7.77. The van der Waals surface area contributed by atoms with E-state index in [1.54, 1.807) is 6.20 Å². The molecule has 1 aliphatic carbocycles. The van der Waals surface area contributed by atoms with Gasteiger partial charge in [-0.3, -0.25) is 4.98 Å². The van der Waals surface area contributed by atoms with E-state index in [-0.39, 0.29) is 0 Å². The third-order valence-electron chi connectivity index (χ3n) is 3.62. The second kappa shape index (κ2) is 4.41. The zero-order valence-electron chi connectivity index (χ0n) is 9.71. The van der Waals surface area contributed by atoms with Gasteiger partial charge >= 0.3 is 0 Å². The Morgan fingerprint density at radius 3 is 2.59 bits per heavy atom. The molecule has 1 saturated carbocycles. The van der Waals surface area contributed by atoms with Crippen molar-refractivity contribution in [3.63, 3.8) is 0 Å². The van der Waals surface area contributed by atoms with Crippen LogP contribution >= 0.6 is 0 Å². The van der Waals surface area contributed by atoms with Crippen molar-refractivity contribution in [2.75, 3.05) is 0 Å². The largest absolute Gasteiger partial charge is 0.386 e. The molecule has 0 bridgehead atoms. The maximum absolute atomic E-state index is 10.3. The van der Waals surface area contributed by atoms with Gasteiger partial charge in [0.2, 0.25) is 0 Å². The first kappa shape index (κ1) is 10.7. The van der Waals surface area contributed by atoms with Gasteiger partial charge in [0.15, 0.2) is 0 Å². The Labute approximate surface area is 101 Å². The molecular formula is C14H16N2O. The lowest BCUT2D eigenvalue weighted by Gasteiger charge is -2.16. The van der Waals surface area contributed by atoms with E-state index in [9.17, 15) is 5.11 Å². The van der Waals surface area contributed by atoms with E-state index in [0.29, 0.717) is 5.92 Å². The normalized spacial score (nSPS) is 18.6. The van der Waals surface area contributed by atoms with Crippen molar-refractivity contribution in [2.24, 2.45) is 5.92 Å². The maximum Gasteiger partial charge on any atom is 0.100 e. The summed E-state index contributed by atoms with van der Waals surface area (Å²) in [7, 11) is 0. The molecule has 1 N–H and O–H groups in total. The molecule has 0 radical (unpaired) electrons. The van der Waals surface area contributed by atoms with Crippen LogP contribution in [0.25, 0.3) is 11.0 Å². The summed E-state index contributed by atoms with van der Waals surface area (Å²) in [6.45, 7) is 0. The number of aromatic nitrogens is 2. The Hall–Kier alpha value is -1.48. The van der Waals surface area contributed by atoms with Gasteiger partial charge in [0.25, 0.3) is 0 Å². The smallest absolute Gasteiger partial charge is 0.100 e. The van der Waals surface area contributed by atoms with Gasteiger partial charge in [-0.2, -0.15) is 0 Å². The van der Waals surface area contributed by atoms with Gasteiger partial charge < -0.3 is 5.11 Å². The quantitative estimate of drug-likeness (QED) is 0.859. The zero-order valence-corrected chi connectivity index (χ0v) is 9.71. The molecule has 1 fully saturated rings. The van der Waals surface area contributed by atoms with Crippen molar-refractivity contribution in [2.45, 2.75) is 31.8 Å². The molecule has 3 nitrogen and oxygen atoms in total. The fourth-order valence-electron chi connectivity index (χ4n) is 2.63. The van der Waals surface area contributed by atoms with Crippen LogP contribution in [0.1, 0.15) is 37.5 Å². The van der Waals surface area contributed by atoms with Crippen molar-refractivity contribution < 1.29 is 5.11 Å². The minimum absolute atomic E-state index is 0.366. The van der Waals surface area contributed by atoms with Gasteiger partial charge in [-0.15, -0.1) is 0 Å². The number of benzene rings is 1. The van der Waals surface area contributed by atoms with Crippen LogP contribution in [-0.2, 0) is 0 Å². The highest BCUT2D eigenvalue weighted by atomic mass is 16.3. The number of fused-ring (bicyclic) bond motifs is 1. The minimum atomic E-state index is -0.449. The van der Waals surface area contributed by atoms with Crippen LogP contribution in [0.15, 0.2) is 30.5 Å². The van der Waals surface area contributed by atoms with Gasteiger partial charge in [0, 0.05) is 0 Å². The molecule has 1 unspecified atom stereocenters. The highest BCUT2D eigenvalue weighted by Gasteiger charge is 2.25. The lowest BCUT2D eigenvalue weighted by molar-refractivity contribution is 0.107. The van der Waals surface area contributed by atoms with E-state index in [1.165, 1.54) is 12.8 Å². The Morgan fingerprint density at radius 1 is 1.12 bits per heavy atom. The molecule has 0 aliphatic heterocycles. The monoisotopic (exact) mass is 228 g/mol. The molecule has 17 heavy (non-hydrogen) atoms. The number of nitrogens with zero attached hydrogens (tertiary/aromatic N) is 2. The van der Waals surface area contributed by atoms with E-state index in [4.69, 9.17) is 0 Å². The third kappa shape index (κ3) is 2.03. The molecule has 1 aromatic carbocycles. The summed E-state index contributed by atoms with van der Waals surface area (Å²) in [6.07, 6.45) is 5.93. The molecule has 88 valence electrons. The molecule has 1 aliphatic rings. The second-order valence-electron chi connectivity index (χ2n) is 4.77. The van der Waals surface area contributed by atoms with Crippen LogP contribution in [0, 0.1) is 5.92 Å². The molecule has 3 heteroatoms. The van der Waals surface area contributed by atoms with Gasteiger partial charge in [-0.1, -0.05) is 25.0 Å². The van der Waals surface area contributed by atoms with E-state index < -0.39 is 6.10 Å². The summed E-state index contributed by atoms with van der Waals surface area (Å²) < 4.78 is 0. The molecule has 1 aromatic heterocycles. The van der Waals surface area contributed by atoms with Gasteiger partial charge in [-0.25, -0.2) is 4.98 Å². The fraction of sp³-hybridized carbons (Fsp3) is 0.429. The number of rotatable bonds is 2. The molecule has 1 heterocycles. The third-order valence-corrected chi connectivity index (χ3v) is 3.62. The topological polar surface area (TPSA) is 46.0 Å². The van der Waals surface area contributed by atoms with Gasteiger partial charge in [0.1, 0.15) is 6.10 Å². The highest BCUT2D eigenvalue weighted by Crippen LogP contribution is 2.34. The van der Waals surface area contributed by atoms with Crippen LogP contribution in [0.2, 0.25) is 0 Å². The summed E-state index contributed by atoms with van der Waals surface area (Å²) in [5.74, 6) is 0.366. The van der Waals surface area contributed by atoms with E-state index >= 15 is 0 Å². The predicted molar refractivity (Wildman–Crippen MR) is 66.5 cm³/mol. The standard InChI is InChI=1S/C14H16N2O/c17-14(10-5-1-2-6-10)13-9-15-11-7-3-4-8-12(11)16-13/h3-4,7-10,14,17H,1-2,5-6H2. The summed E-state index contributed by atoms with van der Waals surface area (Å²) in [4.78, 5) is 8.86. The average molecular weight is 228 g/mol. The molecule has 1 atom stereocenters. The Kier molecular flexibility index (Phi) is 2.77. The van der Waals surface area contributed by atoms with Gasteiger partial charge in [-0.05, 0) is 30.9 Å². The molecular weight excluding hydrogens is 212 g/mol. The van der Waals surface area contributed by atoms with Crippen LogP contribution in [0.3, 0.4) is 0 Å². The second-order valence-corrected chi connectivity index (χ2v) is 4.77. The number of hydrogen-bond donors (Lipinski definition) is 1. The first-order chi connectivity index (χ1) is 8.34. The fourth-order valence-corrected chi connectivity index (χ4v) is 2.63. The SMILES string of the molecule is OC(c1cnc2ccccc2n1)C1CCCC1. The average Bonchev–Trinajstić information content (AvgIpc) is 2.91.